The normalized spacial score (nSPS) is 12.8. The third kappa shape index (κ3) is 3.51. The molecule has 0 bridgehead atoms. The van der Waals surface area contributed by atoms with Crippen LogP contribution in [0.25, 0.3) is 0 Å². The summed E-state index contributed by atoms with van der Waals surface area (Å²) in [6.07, 6.45) is 0.571. The molecule has 0 heterocycles. The molecule has 0 N–H and O–H groups in total. The molecule has 3 heteroatoms. The fraction of sp³-hybridized carbons (Fsp3) is 0.778. The Kier molecular flexibility index (Phi) is 4.55. The largest absolute Gasteiger partial charge is 0.468 e. The van der Waals surface area contributed by atoms with Gasteiger partial charge >= 0.3 is 5.97 Å². The Hall–Kier alpha value is -0.860. The Balaban J connectivity index is 4.23. The molecule has 0 aliphatic rings. The van der Waals surface area contributed by atoms with Crippen LogP contribution in [0.4, 0.5) is 0 Å². The second-order valence-electron chi connectivity index (χ2n) is 3.32. The van der Waals surface area contributed by atoms with Gasteiger partial charge in [-0.2, -0.15) is 0 Å². The number of esters is 1. The number of methoxy groups -OCH3 is 1. The third-order valence-electron chi connectivity index (χ3n) is 1.68. The van der Waals surface area contributed by atoms with Gasteiger partial charge in [-0.3, -0.25) is 9.59 Å². The first kappa shape index (κ1) is 11.1. The number of hydrogen-bond donors (Lipinski definition) is 0. The van der Waals surface area contributed by atoms with Crippen LogP contribution in [-0.4, -0.2) is 18.9 Å². The monoisotopic (exact) mass is 172 g/mol. The van der Waals surface area contributed by atoms with Crippen LogP contribution in [0.1, 0.15) is 27.2 Å². The second kappa shape index (κ2) is 4.91. The van der Waals surface area contributed by atoms with Crippen molar-refractivity contribution < 1.29 is 14.3 Å². The Morgan fingerprint density at radius 1 is 1.33 bits per heavy atom. The van der Waals surface area contributed by atoms with Crippen LogP contribution >= 0.6 is 0 Å². The van der Waals surface area contributed by atoms with Crippen molar-refractivity contribution in [3.05, 3.63) is 0 Å². The molecule has 1 unspecified atom stereocenters. The SMILES string of the molecule is COC(=O)C(CC(C)C)C(C)=O. The van der Waals surface area contributed by atoms with Gasteiger partial charge in [-0.15, -0.1) is 0 Å². The van der Waals surface area contributed by atoms with Gasteiger partial charge in [0.25, 0.3) is 0 Å². The summed E-state index contributed by atoms with van der Waals surface area (Å²) in [6, 6.07) is 0. The van der Waals surface area contributed by atoms with Gasteiger partial charge in [-0.1, -0.05) is 13.8 Å². The Morgan fingerprint density at radius 3 is 2.08 bits per heavy atom. The van der Waals surface area contributed by atoms with Gasteiger partial charge in [0.1, 0.15) is 11.7 Å². The lowest BCUT2D eigenvalue weighted by Crippen LogP contribution is -2.24. The minimum absolute atomic E-state index is 0.115. The average Bonchev–Trinajstić information content (AvgIpc) is 1.98. The molecule has 0 aliphatic carbocycles. The predicted molar refractivity (Wildman–Crippen MR) is 45.6 cm³/mol. The van der Waals surface area contributed by atoms with E-state index in [1.54, 1.807) is 0 Å². The number of Topliss-reactive ketones (excluding diaryl/α,β-unsaturated/α-hetero) is 1. The van der Waals surface area contributed by atoms with E-state index in [-0.39, 0.29) is 5.78 Å². The van der Waals surface area contributed by atoms with Crippen LogP contribution in [0.15, 0.2) is 0 Å². The highest BCUT2D eigenvalue weighted by Crippen LogP contribution is 2.13. The maximum atomic E-state index is 11.0. The fourth-order valence-corrected chi connectivity index (χ4v) is 1.04. The molecular formula is C9H16O3. The predicted octanol–water partition coefficient (Wildman–Crippen LogP) is 1.41. The van der Waals surface area contributed by atoms with Crippen molar-refractivity contribution in [3.8, 4) is 0 Å². The highest BCUT2D eigenvalue weighted by Gasteiger charge is 2.24. The first-order valence-corrected chi connectivity index (χ1v) is 4.07. The van der Waals surface area contributed by atoms with E-state index in [0.717, 1.165) is 0 Å². The average molecular weight is 172 g/mol. The zero-order valence-corrected chi connectivity index (χ0v) is 8.09. The molecule has 0 amide bonds. The lowest BCUT2D eigenvalue weighted by molar-refractivity contribution is -0.149. The van der Waals surface area contributed by atoms with Crippen molar-refractivity contribution >= 4 is 11.8 Å². The lowest BCUT2D eigenvalue weighted by Gasteiger charge is -2.12. The fourth-order valence-electron chi connectivity index (χ4n) is 1.04. The molecule has 0 aliphatic heterocycles. The van der Waals surface area contributed by atoms with Gasteiger partial charge in [0.2, 0.25) is 0 Å². The molecule has 0 aromatic rings. The van der Waals surface area contributed by atoms with Crippen LogP contribution in [0.5, 0.6) is 0 Å². The standard InChI is InChI=1S/C9H16O3/c1-6(2)5-8(7(3)10)9(11)12-4/h6,8H,5H2,1-4H3. The second-order valence-corrected chi connectivity index (χ2v) is 3.32. The van der Waals surface area contributed by atoms with Crippen molar-refractivity contribution in [2.24, 2.45) is 11.8 Å². The number of hydrogen-bond acceptors (Lipinski definition) is 3. The number of carbonyl (C=O) groups is 2. The summed E-state index contributed by atoms with van der Waals surface area (Å²) in [5.41, 5.74) is 0. The maximum absolute atomic E-state index is 11.0. The Labute approximate surface area is 73.1 Å². The minimum atomic E-state index is -0.574. The lowest BCUT2D eigenvalue weighted by atomic mass is 9.94. The molecular weight excluding hydrogens is 156 g/mol. The smallest absolute Gasteiger partial charge is 0.316 e. The summed E-state index contributed by atoms with van der Waals surface area (Å²) in [4.78, 5) is 22.0. The molecule has 0 saturated heterocycles. The molecule has 0 aromatic carbocycles. The van der Waals surface area contributed by atoms with Crippen LogP contribution in [0, 0.1) is 11.8 Å². The van der Waals surface area contributed by atoms with Crippen molar-refractivity contribution in [1.82, 2.24) is 0 Å². The molecule has 0 aromatic heterocycles. The molecule has 1 atom stereocenters. The van der Waals surface area contributed by atoms with Gasteiger partial charge < -0.3 is 4.74 Å². The quantitative estimate of drug-likeness (QED) is 0.475. The van der Waals surface area contributed by atoms with Crippen LogP contribution < -0.4 is 0 Å². The highest BCUT2D eigenvalue weighted by molar-refractivity contribution is 5.97. The van der Waals surface area contributed by atoms with Gasteiger partial charge in [0.05, 0.1) is 7.11 Å². The highest BCUT2D eigenvalue weighted by atomic mass is 16.5. The van der Waals surface area contributed by atoms with Crippen molar-refractivity contribution in [2.75, 3.05) is 7.11 Å². The molecule has 0 fully saturated rings. The minimum Gasteiger partial charge on any atom is -0.468 e. The summed E-state index contributed by atoms with van der Waals surface area (Å²) in [5, 5.41) is 0. The summed E-state index contributed by atoms with van der Waals surface area (Å²) < 4.78 is 4.51. The van der Waals surface area contributed by atoms with Gasteiger partial charge in [0, 0.05) is 0 Å². The van der Waals surface area contributed by atoms with Crippen LogP contribution in [-0.2, 0) is 14.3 Å². The molecule has 0 spiro atoms. The van der Waals surface area contributed by atoms with Gasteiger partial charge in [-0.05, 0) is 19.3 Å². The summed E-state index contributed by atoms with van der Waals surface area (Å²) in [6.45, 7) is 5.36. The summed E-state index contributed by atoms with van der Waals surface area (Å²) in [5.74, 6) is -0.778. The summed E-state index contributed by atoms with van der Waals surface area (Å²) >= 11 is 0. The van der Waals surface area contributed by atoms with E-state index in [1.165, 1.54) is 14.0 Å². The molecule has 0 rings (SSSR count). The molecule has 0 saturated carbocycles. The van der Waals surface area contributed by atoms with Gasteiger partial charge in [0.15, 0.2) is 0 Å². The van der Waals surface area contributed by atoms with Crippen LogP contribution in [0.3, 0.4) is 0 Å². The number of ketones is 1. The first-order valence-electron chi connectivity index (χ1n) is 4.07. The zero-order valence-electron chi connectivity index (χ0n) is 8.09. The Bertz CT molecular complexity index is 173. The van der Waals surface area contributed by atoms with Crippen LogP contribution in [0.2, 0.25) is 0 Å². The van der Waals surface area contributed by atoms with Crippen molar-refractivity contribution in [2.45, 2.75) is 27.2 Å². The zero-order chi connectivity index (χ0) is 9.72. The topological polar surface area (TPSA) is 43.4 Å². The van der Waals surface area contributed by atoms with E-state index in [4.69, 9.17) is 0 Å². The van der Waals surface area contributed by atoms with Gasteiger partial charge in [-0.25, -0.2) is 0 Å². The molecule has 3 nitrogen and oxygen atoms in total. The molecule has 12 heavy (non-hydrogen) atoms. The van der Waals surface area contributed by atoms with E-state index in [0.29, 0.717) is 12.3 Å². The van der Waals surface area contributed by atoms with E-state index in [9.17, 15) is 9.59 Å². The van der Waals surface area contributed by atoms with E-state index >= 15 is 0 Å². The van der Waals surface area contributed by atoms with E-state index in [2.05, 4.69) is 4.74 Å². The number of ether oxygens (including phenoxy) is 1. The first-order chi connectivity index (χ1) is 5.49. The maximum Gasteiger partial charge on any atom is 0.316 e. The van der Waals surface area contributed by atoms with E-state index < -0.39 is 11.9 Å². The van der Waals surface area contributed by atoms with Crippen molar-refractivity contribution in [1.29, 1.82) is 0 Å². The Morgan fingerprint density at radius 2 is 1.83 bits per heavy atom. The van der Waals surface area contributed by atoms with E-state index in [1.807, 2.05) is 13.8 Å². The molecule has 70 valence electrons. The number of rotatable bonds is 4. The number of carbonyl (C=O) groups excluding carboxylic acids is 2. The third-order valence-corrected chi connectivity index (χ3v) is 1.68. The molecule has 0 radical (unpaired) electrons. The van der Waals surface area contributed by atoms with Crippen molar-refractivity contribution in [3.63, 3.8) is 0 Å². The summed E-state index contributed by atoms with van der Waals surface area (Å²) in [7, 11) is 1.30.